The van der Waals surface area contributed by atoms with Crippen LogP contribution in [0.1, 0.15) is 31.1 Å². The highest BCUT2D eigenvalue weighted by atomic mass is 16.6. The molecule has 1 rings (SSSR count). The summed E-state index contributed by atoms with van der Waals surface area (Å²) in [5.74, 6) is -0.557. The van der Waals surface area contributed by atoms with Crippen molar-refractivity contribution in [3.8, 4) is 0 Å². The van der Waals surface area contributed by atoms with Gasteiger partial charge in [-0.3, -0.25) is 9.88 Å². The number of amides is 1. The van der Waals surface area contributed by atoms with Crippen molar-refractivity contribution in [3.05, 3.63) is 24.0 Å². The third-order valence-corrected chi connectivity index (χ3v) is 2.23. The zero-order valence-corrected chi connectivity index (χ0v) is 11.8. The van der Waals surface area contributed by atoms with Gasteiger partial charge in [-0.2, -0.15) is 0 Å². The molecule has 0 unspecified atom stereocenters. The van der Waals surface area contributed by atoms with Gasteiger partial charge in [0.25, 0.3) is 0 Å². The highest BCUT2D eigenvalue weighted by Crippen LogP contribution is 2.21. The Kier molecular flexibility index (Phi) is 4.47. The van der Waals surface area contributed by atoms with Crippen LogP contribution in [0.15, 0.2) is 18.5 Å². The van der Waals surface area contributed by atoms with Crippen LogP contribution >= 0.6 is 0 Å². The second-order valence-electron chi connectivity index (χ2n) is 4.92. The summed E-state index contributed by atoms with van der Waals surface area (Å²) in [6, 6.07) is 1.55. The topological polar surface area (TPSA) is 68.7 Å². The molecule has 0 bridgehead atoms. The molecule has 19 heavy (non-hydrogen) atoms. The molecular formula is C13H18N2O4. The number of hydrogen-bond acceptors (Lipinski definition) is 5. The molecule has 0 aromatic carbocycles. The third-order valence-electron chi connectivity index (χ3n) is 2.23. The summed E-state index contributed by atoms with van der Waals surface area (Å²) >= 11 is 0. The minimum Gasteiger partial charge on any atom is -0.465 e. The molecule has 0 aliphatic heterocycles. The van der Waals surface area contributed by atoms with Gasteiger partial charge < -0.3 is 9.47 Å². The first-order chi connectivity index (χ1) is 8.76. The van der Waals surface area contributed by atoms with Gasteiger partial charge in [0.05, 0.1) is 12.8 Å². The number of carbonyl (C=O) groups excluding carboxylic acids is 2. The Balaban J connectivity index is 3.03. The number of nitrogens with zero attached hydrogens (tertiary/aromatic N) is 2. The fourth-order valence-corrected chi connectivity index (χ4v) is 1.38. The number of pyridine rings is 1. The van der Waals surface area contributed by atoms with E-state index in [1.54, 1.807) is 26.8 Å². The van der Waals surface area contributed by atoms with Crippen molar-refractivity contribution >= 4 is 17.7 Å². The molecule has 0 N–H and O–H groups in total. The number of methoxy groups -OCH3 is 1. The minimum absolute atomic E-state index is 0.207. The lowest BCUT2D eigenvalue weighted by Crippen LogP contribution is -2.35. The lowest BCUT2D eigenvalue weighted by Gasteiger charge is -2.25. The molecule has 6 nitrogen and oxygen atoms in total. The van der Waals surface area contributed by atoms with E-state index in [0.29, 0.717) is 5.69 Å². The Morgan fingerprint density at radius 3 is 2.47 bits per heavy atom. The van der Waals surface area contributed by atoms with Crippen LogP contribution in [0.2, 0.25) is 0 Å². The quantitative estimate of drug-likeness (QED) is 0.768. The average Bonchev–Trinajstić information content (AvgIpc) is 2.35. The van der Waals surface area contributed by atoms with E-state index < -0.39 is 17.7 Å². The van der Waals surface area contributed by atoms with E-state index in [-0.39, 0.29) is 5.56 Å². The highest BCUT2D eigenvalue weighted by Gasteiger charge is 2.24. The van der Waals surface area contributed by atoms with Crippen molar-refractivity contribution in [2.45, 2.75) is 26.4 Å². The molecule has 0 saturated carbocycles. The number of ether oxygens (including phenoxy) is 2. The number of hydrogen-bond donors (Lipinski definition) is 0. The van der Waals surface area contributed by atoms with Crippen LogP contribution in [0.3, 0.4) is 0 Å². The number of carbonyl (C=O) groups is 2. The summed E-state index contributed by atoms with van der Waals surface area (Å²) in [5.41, 5.74) is -0.0152. The maximum Gasteiger partial charge on any atom is 0.414 e. The van der Waals surface area contributed by atoms with Crippen LogP contribution in [0.5, 0.6) is 0 Å². The molecule has 0 spiro atoms. The lowest BCUT2D eigenvalue weighted by atomic mass is 10.2. The molecule has 104 valence electrons. The van der Waals surface area contributed by atoms with Crippen molar-refractivity contribution in [2.24, 2.45) is 0 Å². The van der Waals surface area contributed by atoms with Crippen LogP contribution in [0.4, 0.5) is 10.5 Å². The van der Waals surface area contributed by atoms with Crippen molar-refractivity contribution in [1.82, 2.24) is 4.98 Å². The Morgan fingerprint density at radius 2 is 1.95 bits per heavy atom. The van der Waals surface area contributed by atoms with Gasteiger partial charge >= 0.3 is 12.1 Å². The van der Waals surface area contributed by atoms with Crippen LogP contribution in [-0.4, -0.2) is 36.8 Å². The van der Waals surface area contributed by atoms with Gasteiger partial charge in [-0.1, -0.05) is 0 Å². The molecule has 0 aliphatic rings. The van der Waals surface area contributed by atoms with Crippen LogP contribution in [0, 0.1) is 0 Å². The van der Waals surface area contributed by atoms with Gasteiger partial charge in [0, 0.05) is 19.4 Å². The third kappa shape index (κ3) is 3.94. The second-order valence-corrected chi connectivity index (χ2v) is 4.92. The predicted molar refractivity (Wildman–Crippen MR) is 70.2 cm³/mol. The summed E-state index contributed by atoms with van der Waals surface area (Å²) in [5, 5.41) is 0. The largest absolute Gasteiger partial charge is 0.465 e. The molecule has 0 radical (unpaired) electrons. The fraction of sp³-hybridized carbons (Fsp3) is 0.462. The summed E-state index contributed by atoms with van der Waals surface area (Å²) in [7, 11) is 2.79. The molecule has 1 aromatic rings. The predicted octanol–water partition coefficient (Wildman–Crippen LogP) is 2.24. The number of esters is 1. The Morgan fingerprint density at radius 1 is 1.32 bits per heavy atom. The fourth-order valence-electron chi connectivity index (χ4n) is 1.38. The minimum atomic E-state index is -0.607. The molecule has 0 aliphatic carbocycles. The van der Waals surface area contributed by atoms with Crippen LogP contribution in [0.25, 0.3) is 0 Å². The first kappa shape index (κ1) is 14.9. The van der Waals surface area contributed by atoms with E-state index in [1.165, 1.54) is 31.5 Å². The normalized spacial score (nSPS) is 10.8. The highest BCUT2D eigenvalue weighted by molar-refractivity contribution is 6.00. The van der Waals surface area contributed by atoms with Gasteiger partial charge in [-0.05, 0) is 26.8 Å². The Hall–Kier alpha value is -2.11. The zero-order valence-electron chi connectivity index (χ0n) is 11.8. The first-order valence-electron chi connectivity index (χ1n) is 5.75. The average molecular weight is 266 g/mol. The molecule has 1 amide bonds. The molecule has 1 heterocycles. The Labute approximate surface area is 112 Å². The van der Waals surface area contributed by atoms with E-state index >= 15 is 0 Å². The Bertz CT molecular complexity index is 480. The summed E-state index contributed by atoms with van der Waals surface area (Å²) in [6.45, 7) is 5.31. The van der Waals surface area contributed by atoms with E-state index in [4.69, 9.17) is 4.74 Å². The molecule has 1 aromatic heterocycles. The molecule has 0 fully saturated rings. The number of rotatable bonds is 2. The van der Waals surface area contributed by atoms with E-state index in [2.05, 4.69) is 9.72 Å². The molecule has 0 atom stereocenters. The lowest BCUT2D eigenvalue weighted by molar-refractivity contribution is 0.0587. The number of anilines is 1. The van der Waals surface area contributed by atoms with Crippen molar-refractivity contribution < 1.29 is 19.1 Å². The van der Waals surface area contributed by atoms with E-state index in [0.717, 1.165) is 0 Å². The monoisotopic (exact) mass is 266 g/mol. The van der Waals surface area contributed by atoms with Gasteiger partial charge in [0.15, 0.2) is 0 Å². The summed E-state index contributed by atoms with van der Waals surface area (Å²) < 4.78 is 9.89. The summed E-state index contributed by atoms with van der Waals surface area (Å²) in [6.07, 6.45) is 2.29. The maximum absolute atomic E-state index is 12.0. The number of aromatic nitrogens is 1. The second kappa shape index (κ2) is 5.69. The zero-order chi connectivity index (χ0) is 14.6. The van der Waals surface area contributed by atoms with Gasteiger partial charge in [0.1, 0.15) is 11.2 Å². The molecule has 6 heteroatoms. The smallest absolute Gasteiger partial charge is 0.414 e. The molecule has 0 saturated heterocycles. The van der Waals surface area contributed by atoms with Crippen molar-refractivity contribution in [1.29, 1.82) is 0 Å². The summed E-state index contributed by atoms with van der Waals surface area (Å²) in [4.78, 5) is 28.7. The maximum atomic E-state index is 12.0. The van der Waals surface area contributed by atoms with Crippen molar-refractivity contribution in [2.75, 3.05) is 19.1 Å². The van der Waals surface area contributed by atoms with Gasteiger partial charge in [0.2, 0.25) is 0 Å². The standard InChI is InChI=1S/C13H18N2O4/c1-13(2,3)19-12(17)15(4)10-6-7-14-8-9(10)11(16)18-5/h6-8H,1-5H3. The SMILES string of the molecule is COC(=O)c1cnccc1N(C)C(=O)OC(C)(C)C. The van der Waals surface area contributed by atoms with Crippen LogP contribution in [-0.2, 0) is 9.47 Å². The first-order valence-corrected chi connectivity index (χ1v) is 5.75. The molecular weight excluding hydrogens is 248 g/mol. The van der Waals surface area contributed by atoms with Gasteiger partial charge in [-0.25, -0.2) is 9.59 Å². The van der Waals surface area contributed by atoms with Gasteiger partial charge in [-0.15, -0.1) is 0 Å². The van der Waals surface area contributed by atoms with E-state index in [1.807, 2.05) is 0 Å². The van der Waals surface area contributed by atoms with Crippen LogP contribution < -0.4 is 4.90 Å². The van der Waals surface area contributed by atoms with Crippen molar-refractivity contribution in [3.63, 3.8) is 0 Å². The van der Waals surface area contributed by atoms with E-state index in [9.17, 15) is 9.59 Å².